The van der Waals surface area contributed by atoms with Crippen LogP contribution in [0.3, 0.4) is 0 Å². The molecule has 106 valence electrons. The fourth-order valence-corrected chi connectivity index (χ4v) is 3.28. The zero-order chi connectivity index (χ0) is 14.9. The Balaban J connectivity index is 2.58. The van der Waals surface area contributed by atoms with Crippen LogP contribution in [0.5, 0.6) is 5.75 Å². The van der Waals surface area contributed by atoms with Crippen molar-refractivity contribution in [2.45, 2.75) is 19.9 Å². The van der Waals surface area contributed by atoms with Crippen molar-refractivity contribution >= 4 is 27.5 Å². The topological polar surface area (TPSA) is 35.2 Å². The van der Waals surface area contributed by atoms with E-state index in [1.165, 1.54) is 5.56 Å². The monoisotopic (exact) mass is 353 g/mol. The van der Waals surface area contributed by atoms with Crippen molar-refractivity contribution in [3.8, 4) is 5.75 Å². The predicted molar refractivity (Wildman–Crippen MR) is 87.7 cm³/mol. The van der Waals surface area contributed by atoms with Crippen molar-refractivity contribution < 1.29 is 4.74 Å². The molecule has 0 amide bonds. The highest BCUT2D eigenvalue weighted by Gasteiger charge is 2.19. The van der Waals surface area contributed by atoms with Gasteiger partial charge in [-0.1, -0.05) is 35.4 Å². The van der Waals surface area contributed by atoms with Crippen LogP contribution in [-0.2, 0) is 0 Å². The second-order valence-electron chi connectivity index (χ2n) is 4.85. The number of nitrogens with two attached hydrogens (primary N) is 1. The van der Waals surface area contributed by atoms with Crippen LogP contribution in [0.1, 0.15) is 28.3 Å². The molecule has 20 heavy (non-hydrogen) atoms. The number of aryl methyl sites for hydroxylation is 2. The summed E-state index contributed by atoms with van der Waals surface area (Å²) in [7, 11) is 1.63. The summed E-state index contributed by atoms with van der Waals surface area (Å²) in [5.74, 6) is 0.725. The third kappa shape index (κ3) is 3.00. The van der Waals surface area contributed by atoms with Crippen LogP contribution in [0.2, 0.25) is 5.02 Å². The summed E-state index contributed by atoms with van der Waals surface area (Å²) in [4.78, 5) is 0. The number of hydrogen-bond donors (Lipinski definition) is 1. The van der Waals surface area contributed by atoms with Crippen LogP contribution in [-0.4, -0.2) is 7.11 Å². The van der Waals surface area contributed by atoms with Gasteiger partial charge in [0.25, 0.3) is 0 Å². The van der Waals surface area contributed by atoms with Gasteiger partial charge in [0, 0.05) is 10.6 Å². The Hall–Kier alpha value is -1.03. The minimum absolute atomic E-state index is 0.278. The van der Waals surface area contributed by atoms with Crippen LogP contribution >= 0.6 is 27.5 Å². The molecule has 0 heterocycles. The standard InChI is InChI=1S/C16H17BrClNO/c1-9-4-5-10(2)12(6-9)15(19)13-7-11(18)8-14(17)16(13)20-3/h4-8,15H,19H2,1-3H3. The quantitative estimate of drug-likeness (QED) is 0.861. The predicted octanol–water partition coefficient (Wildman–Crippen LogP) is 4.78. The van der Waals surface area contributed by atoms with Gasteiger partial charge in [0.2, 0.25) is 0 Å². The van der Waals surface area contributed by atoms with E-state index in [1.54, 1.807) is 13.2 Å². The molecule has 2 aromatic rings. The van der Waals surface area contributed by atoms with E-state index in [2.05, 4.69) is 48.0 Å². The molecular formula is C16H17BrClNO. The Morgan fingerprint density at radius 1 is 1.15 bits per heavy atom. The number of benzene rings is 2. The first-order chi connectivity index (χ1) is 9.43. The molecule has 2 nitrogen and oxygen atoms in total. The highest BCUT2D eigenvalue weighted by atomic mass is 79.9. The smallest absolute Gasteiger partial charge is 0.138 e. The molecule has 0 radical (unpaired) electrons. The first kappa shape index (κ1) is 15.4. The van der Waals surface area contributed by atoms with E-state index in [0.717, 1.165) is 26.9 Å². The molecule has 1 unspecified atom stereocenters. The van der Waals surface area contributed by atoms with Crippen molar-refractivity contribution in [3.05, 3.63) is 62.1 Å². The lowest BCUT2D eigenvalue weighted by atomic mass is 9.94. The van der Waals surface area contributed by atoms with Gasteiger partial charge in [0.1, 0.15) is 5.75 Å². The number of halogens is 2. The molecule has 4 heteroatoms. The van der Waals surface area contributed by atoms with Crippen LogP contribution < -0.4 is 10.5 Å². The van der Waals surface area contributed by atoms with Crippen molar-refractivity contribution in [3.63, 3.8) is 0 Å². The molecule has 2 aromatic carbocycles. The Morgan fingerprint density at radius 2 is 1.85 bits per heavy atom. The highest BCUT2D eigenvalue weighted by Crippen LogP contribution is 2.38. The molecule has 0 aliphatic rings. The fourth-order valence-electron chi connectivity index (χ4n) is 2.29. The maximum absolute atomic E-state index is 6.44. The van der Waals surface area contributed by atoms with Gasteiger partial charge in [-0.15, -0.1) is 0 Å². The van der Waals surface area contributed by atoms with Crippen LogP contribution in [0.25, 0.3) is 0 Å². The number of hydrogen-bond acceptors (Lipinski definition) is 2. The normalized spacial score (nSPS) is 12.3. The van der Waals surface area contributed by atoms with Gasteiger partial charge in [-0.25, -0.2) is 0 Å². The van der Waals surface area contributed by atoms with Gasteiger partial charge >= 0.3 is 0 Å². The Kier molecular flexibility index (Phi) is 4.74. The van der Waals surface area contributed by atoms with Crippen molar-refractivity contribution in [2.75, 3.05) is 7.11 Å². The molecule has 0 bridgehead atoms. The SMILES string of the molecule is COc1c(Br)cc(Cl)cc1C(N)c1cc(C)ccc1C. The van der Waals surface area contributed by atoms with E-state index >= 15 is 0 Å². The van der Waals surface area contributed by atoms with Gasteiger partial charge in [0.15, 0.2) is 0 Å². The van der Waals surface area contributed by atoms with Crippen LogP contribution in [0.15, 0.2) is 34.8 Å². The number of methoxy groups -OCH3 is 1. The molecule has 0 aliphatic heterocycles. The lowest BCUT2D eigenvalue weighted by Gasteiger charge is -2.20. The van der Waals surface area contributed by atoms with Gasteiger partial charge in [-0.3, -0.25) is 0 Å². The summed E-state index contributed by atoms with van der Waals surface area (Å²) in [6.07, 6.45) is 0. The molecule has 0 aliphatic carbocycles. The van der Waals surface area contributed by atoms with E-state index in [9.17, 15) is 0 Å². The molecular weight excluding hydrogens is 338 g/mol. The number of rotatable bonds is 3. The number of ether oxygens (including phenoxy) is 1. The zero-order valence-corrected chi connectivity index (χ0v) is 14.0. The largest absolute Gasteiger partial charge is 0.495 e. The third-order valence-corrected chi connectivity index (χ3v) is 4.15. The molecule has 2 rings (SSSR count). The molecule has 0 saturated heterocycles. The summed E-state index contributed by atoms with van der Waals surface area (Å²) in [5, 5.41) is 0.633. The lowest BCUT2D eigenvalue weighted by Crippen LogP contribution is -2.15. The molecule has 1 atom stereocenters. The minimum atomic E-state index is -0.278. The molecule has 0 fully saturated rings. The highest BCUT2D eigenvalue weighted by molar-refractivity contribution is 9.10. The Bertz CT molecular complexity index is 643. The fraction of sp³-hybridized carbons (Fsp3) is 0.250. The maximum Gasteiger partial charge on any atom is 0.138 e. The van der Waals surface area contributed by atoms with Crippen molar-refractivity contribution in [1.82, 2.24) is 0 Å². The summed E-state index contributed by atoms with van der Waals surface area (Å²) in [6.45, 7) is 4.11. The second kappa shape index (κ2) is 6.17. The lowest BCUT2D eigenvalue weighted by molar-refractivity contribution is 0.405. The van der Waals surface area contributed by atoms with Crippen molar-refractivity contribution in [2.24, 2.45) is 5.73 Å². The first-order valence-electron chi connectivity index (χ1n) is 6.29. The van der Waals surface area contributed by atoms with E-state index in [4.69, 9.17) is 22.1 Å². The van der Waals surface area contributed by atoms with Gasteiger partial charge < -0.3 is 10.5 Å². The molecule has 0 spiro atoms. The average Bonchev–Trinajstić information content (AvgIpc) is 2.40. The Morgan fingerprint density at radius 3 is 2.50 bits per heavy atom. The van der Waals surface area contributed by atoms with E-state index in [-0.39, 0.29) is 6.04 Å². The summed E-state index contributed by atoms with van der Waals surface area (Å²) in [5.41, 5.74) is 10.7. The van der Waals surface area contributed by atoms with E-state index < -0.39 is 0 Å². The van der Waals surface area contributed by atoms with Crippen molar-refractivity contribution in [1.29, 1.82) is 0 Å². The average molecular weight is 355 g/mol. The second-order valence-corrected chi connectivity index (χ2v) is 6.14. The van der Waals surface area contributed by atoms with Gasteiger partial charge in [0.05, 0.1) is 17.6 Å². The van der Waals surface area contributed by atoms with Crippen LogP contribution in [0, 0.1) is 13.8 Å². The van der Waals surface area contributed by atoms with Crippen LogP contribution in [0.4, 0.5) is 0 Å². The first-order valence-corrected chi connectivity index (χ1v) is 7.46. The Labute approximate surface area is 133 Å². The third-order valence-electron chi connectivity index (χ3n) is 3.35. The van der Waals surface area contributed by atoms with E-state index in [0.29, 0.717) is 5.02 Å². The summed E-state index contributed by atoms with van der Waals surface area (Å²) >= 11 is 9.61. The zero-order valence-electron chi connectivity index (χ0n) is 11.7. The summed E-state index contributed by atoms with van der Waals surface area (Å²) in [6, 6.07) is 9.65. The van der Waals surface area contributed by atoms with E-state index in [1.807, 2.05) is 6.07 Å². The minimum Gasteiger partial charge on any atom is -0.495 e. The van der Waals surface area contributed by atoms with Gasteiger partial charge in [-0.2, -0.15) is 0 Å². The molecule has 0 aromatic heterocycles. The molecule has 2 N–H and O–H groups in total. The molecule has 0 saturated carbocycles. The van der Waals surface area contributed by atoms with Gasteiger partial charge in [-0.05, 0) is 53.0 Å². The summed E-state index contributed by atoms with van der Waals surface area (Å²) < 4.78 is 6.27. The maximum atomic E-state index is 6.44.